The van der Waals surface area contributed by atoms with E-state index in [1.165, 1.54) is 0 Å². The molecule has 4 rings (SSSR count). The molecule has 1 unspecified atom stereocenters. The minimum absolute atomic E-state index is 0.188. The largest absolute Gasteiger partial charge is 0.462 e. The highest BCUT2D eigenvalue weighted by atomic mass is 16.5. The molecular formula is C14H11N3O2. The van der Waals surface area contributed by atoms with Crippen LogP contribution in [0.25, 0.3) is 0 Å². The number of benzene rings is 1. The molecule has 5 heteroatoms. The lowest BCUT2D eigenvalue weighted by Gasteiger charge is -2.31. The Morgan fingerprint density at radius 1 is 1.11 bits per heavy atom. The van der Waals surface area contributed by atoms with Gasteiger partial charge in [-0.25, -0.2) is 4.99 Å². The Bertz CT molecular complexity index is 651. The van der Waals surface area contributed by atoms with Crippen LogP contribution in [0.3, 0.4) is 0 Å². The molecule has 2 aliphatic rings. The van der Waals surface area contributed by atoms with Gasteiger partial charge in [-0.15, -0.1) is 0 Å². The summed E-state index contributed by atoms with van der Waals surface area (Å²) in [5.41, 5.74) is 6.71. The van der Waals surface area contributed by atoms with E-state index in [0.717, 1.165) is 17.0 Å². The fourth-order valence-electron chi connectivity index (χ4n) is 2.62. The first-order chi connectivity index (χ1) is 9.29. The molecule has 0 saturated heterocycles. The zero-order chi connectivity index (χ0) is 12.9. The van der Waals surface area contributed by atoms with Crippen LogP contribution in [0.2, 0.25) is 0 Å². The fraction of sp³-hybridized carbons (Fsp3) is 0.143. The maximum absolute atomic E-state index is 5.87. The van der Waals surface area contributed by atoms with Gasteiger partial charge in [-0.3, -0.25) is 4.98 Å². The van der Waals surface area contributed by atoms with Crippen molar-refractivity contribution in [1.29, 1.82) is 0 Å². The van der Waals surface area contributed by atoms with E-state index in [2.05, 4.69) is 9.98 Å². The normalized spacial score (nSPS) is 23.1. The molecule has 1 spiro atoms. The predicted molar refractivity (Wildman–Crippen MR) is 69.1 cm³/mol. The molecule has 5 nitrogen and oxygen atoms in total. The highest BCUT2D eigenvalue weighted by molar-refractivity contribution is 5.76. The molecule has 2 N–H and O–H groups in total. The summed E-state index contributed by atoms with van der Waals surface area (Å²) in [5.74, 6) is 1.47. The molecule has 3 heterocycles. The van der Waals surface area contributed by atoms with Crippen LogP contribution >= 0.6 is 0 Å². The molecule has 0 aliphatic carbocycles. The number of amidine groups is 1. The Morgan fingerprint density at radius 3 is 2.79 bits per heavy atom. The number of aromatic nitrogens is 1. The maximum atomic E-state index is 5.87. The molecule has 1 aromatic carbocycles. The van der Waals surface area contributed by atoms with Crippen LogP contribution in [-0.2, 0) is 10.3 Å². The molecule has 0 amide bonds. The van der Waals surface area contributed by atoms with Gasteiger partial charge >= 0.3 is 0 Å². The highest BCUT2D eigenvalue weighted by Gasteiger charge is 2.47. The molecule has 2 aromatic rings. The Hall–Kier alpha value is -2.56. The Balaban J connectivity index is 2.05. The van der Waals surface area contributed by atoms with Gasteiger partial charge in [0.2, 0.25) is 0 Å². The predicted octanol–water partition coefficient (Wildman–Crippen LogP) is 1.78. The summed E-state index contributed by atoms with van der Waals surface area (Å²) in [6.07, 6.45) is 1.72. The number of fused-ring (bicyclic) bond motifs is 4. The van der Waals surface area contributed by atoms with Crippen LogP contribution in [0.4, 0.5) is 0 Å². The summed E-state index contributed by atoms with van der Waals surface area (Å²) in [6.45, 7) is 0.350. The van der Waals surface area contributed by atoms with Crippen molar-refractivity contribution in [3.8, 4) is 11.5 Å². The van der Waals surface area contributed by atoms with Crippen LogP contribution in [0.15, 0.2) is 47.6 Å². The molecule has 94 valence electrons. The van der Waals surface area contributed by atoms with Crippen LogP contribution in [-0.4, -0.2) is 17.6 Å². The Kier molecular flexibility index (Phi) is 1.90. The van der Waals surface area contributed by atoms with Crippen molar-refractivity contribution in [2.24, 2.45) is 10.7 Å². The maximum Gasteiger partial charge on any atom is 0.283 e. The second kappa shape index (κ2) is 3.47. The number of rotatable bonds is 0. The lowest BCUT2D eigenvalue weighted by atomic mass is 9.85. The average molecular weight is 253 g/mol. The second-order valence-electron chi connectivity index (χ2n) is 4.55. The zero-order valence-corrected chi connectivity index (χ0v) is 10.0. The van der Waals surface area contributed by atoms with Crippen LogP contribution in [0, 0.1) is 0 Å². The fourth-order valence-corrected chi connectivity index (χ4v) is 2.62. The topological polar surface area (TPSA) is 69.7 Å². The standard InChI is InChI=1S/C14H11N3O2/c15-13-17-14(8-18-13)9-4-1-2-5-10(9)19-11-6-3-7-16-12(11)14/h1-7H,8H2,(H2,15,17). The van der Waals surface area contributed by atoms with Gasteiger partial charge in [-0.2, -0.15) is 0 Å². The lowest BCUT2D eigenvalue weighted by Crippen LogP contribution is -2.32. The van der Waals surface area contributed by atoms with Gasteiger partial charge in [-0.05, 0) is 18.2 Å². The molecule has 1 atom stereocenters. The summed E-state index contributed by atoms with van der Waals surface area (Å²) in [6, 6.07) is 11.7. The van der Waals surface area contributed by atoms with Crippen molar-refractivity contribution in [3.63, 3.8) is 0 Å². The number of nitrogens with two attached hydrogens (primary N) is 1. The van der Waals surface area contributed by atoms with Crippen molar-refractivity contribution in [1.82, 2.24) is 4.98 Å². The van der Waals surface area contributed by atoms with Crippen molar-refractivity contribution in [2.75, 3.05) is 6.61 Å². The number of hydrogen-bond acceptors (Lipinski definition) is 5. The molecule has 0 bridgehead atoms. The van der Waals surface area contributed by atoms with E-state index in [1.54, 1.807) is 6.20 Å². The van der Waals surface area contributed by atoms with E-state index in [9.17, 15) is 0 Å². The second-order valence-corrected chi connectivity index (χ2v) is 4.55. The Labute approximate surface area is 109 Å². The minimum Gasteiger partial charge on any atom is -0.462 e. The van der Waals surface area contributed by atoms with Crippen molar-refractivity contribution >= 4 is 6.02 Å². The number of hydrogen-bond donors (Lipinski definition) is 1. The third-order valence-corrected chi connectivity index (χ3v) is 3.44. The molecule has 0 fully saturated rings. The lowest BCUT2D eigenvalue weighted by molar-refractivity contribution is 0.260. The van der Waals surface area contributed by atoms with Crippen LogP contribution in [0.5, 0.6) is 11.5 Å². The van der Waals surface area contributed by atoms with Gasteiger partial charge in [0.05, 0.1) is 0 Å². The summed E-state index contributed by atoms with van der Waals surface area (Å²) in [4.78, 5) is 8.91. The van der Waals surface area contributed by atoms with E-state index in [-0.39, 0.29) is 6.02 Å². The van der Waals surface area contributed by atoms with Gasteiger partial charge in [0.1, 0.15) is 18.1 Å². The summed E-state index contributed by atoms with van der Waals surface area (Å²) >= 11 is 0. The number of aliphatic imine (C=N–C) groups is 1. The first-order valence-electron chi connectivity index (χ1n) is 6.00. The number of ether oxygens (including phenoxy) is 2. The quantitative estimate of drug-likeness (QED) is 0.777. The number of para-hydroxylation sites is 1. The van der Waals surface area contributed by atoms with Gasteiger partial charge in [0, 0.05) is 11.8 Å². The van der Waals surface area contributed by atoms with Gasteiger partial charge in [0.25, 0.3) is 6.02 Å². The third-order valence-electron chi connectivity index (χ3n) is 3.44. The molecule has 0 radical (unpaired) electrons. The zero-order valence-electron chi connectivity index (χ0n) is 10.0. The minimum atomic E-state index is -0.685. The van der Waals surface area contributed by atoms with Crippen molar-refractivity contribution in [2.45, 2.75) is 5.54 Å². The highest BCUT2D eigenvalue weighted by Crippen LogP contribution is 2.49. The SMILES string of the molecule is NC1=NC2(CO1)c1ccccc1Oc1cccnc12. The Morgan fingerprint density at radius 2 is 1.95 bits per heavy atom. The smallest absolute Gasteiger partial charge is 0.283 e. The van der Waals surface area contributed by atoms with Gasteiger partial charge in [0.15, 0.2) is 11.3 Å². The first kappa shape index (κ1) is 10.4. The molecule has 1 aromatic heterocycles. The van der Waals surface area contributed by atoms with Crippen LogP contribution in [0.1, 0.15) is 11.3 Å². The van der Waals surface area contributed by atoms with E-state index < -0.39 is 5.54 Å². The van der Waals surface area contributed by atoms with Crippen molar-refractivity contribution in [3.05, 3.63) is 53.9 Å². The first-order valence-corrected chi connectivity index (χ1v) is 6.00. The molecule has 19 heavy (non-hydrogen) atoms. The van der Waals surface area contributed by atoms with Crippen LogP contribution < -0.4 is 10.5 Å². The van der Waals surface area contributed by atoms with Gasteiger partial charge < -0.3 is 15.2 Å². The number of nitrogens with zero attached hydrogens (tertiary/aromatic N) is 2. The average Bonchev–Trinajstić information content (AvgIpc) is 2.82. The summed E-state index contributed by atoms with van der Waals surface area (Å²) < 4.78 is 11.3. The summed E-state index contributed by atoms with van der Waals surface area (Å²) in [7, 11) is 0. The molecule has 0 saturated carbocycles. The monoisotopic (exact) mass is 253 g/mol. The number of pyridine rings is 1. The third kappa shape index (κ3) is 1.29. The molecule has 2 aliphatic heterocycles. The van der Waals surface area contributed by atoms with Gasteiger partial charge in [-0.1, -0.05) is 18.2 Å². The van der Waals surface area contributed by atoms with E-state index in [4.69, 9.17) is 15.2 Å². The summed E-state index contributed by atoms with van der Waals surface area (Å²) in [5, 5.41) is 0. The molecular weight excluding hydrogens is 242 g/mol. The van der Waals surface area contributed by atoms with Crippen molar-refractivity contribution < 1.29 is 9.47 Å². The van der Waals surface area contributed by atoms with E-state index in [1.807, 2.05) is 36.4 Å². The van der Waals surface area contributed by atoms with E-state index in [0.29, 0.717) is 12.4 Å². The van der Waals surface area contributed by atoms with E-state index >= 15 is 0 Å².